The SMILES string of the molecule is CN(Cc1cccc(C(C)(C)C)c1O)n1cccn1. The number of hydrogen-bond acceptors (Lipinski definition) is 3. The Kier molecular flexibility index (Phi) is 3.51. The molecule has 0 aliphatic heterocycles. The van der Waals surface area contributed by atoms with E-state index in [-0.39, 0.29) is 5.41 Å². The second-order valence-electron chi connectivity index (χ2n) is 5.81. The summed E-state index contributed by atoms with van der Waals surface area (Å²) in [5.74, 6) is 0.383. The van der Waals surface area contributed by atoms with Gasteiger partial charge in [-0.05, 0) is 17.0 Å². The van der Waals surface area contributed by atoms with Crippen LogP contribution in [0.25, 0.3) is 0 Å². The standard InChI is InChI=1S/C15H21N3O/c1-15(2,3)13-8-5-7-12(14(13)19)11-17(4)18-10-6-9-16-18/h5-10,19H,11H2,1-4H3. The Balaban J connectivity index is 2.27. The van der Waals surface area contributed by atoms with E-state index in [1.807, 2.05) is 42.5 Å². The van der Waals surface area contributed by atoms with Gasteiger partial charge in [-0.2, -0.15) is 9.89 Å². The molecule has 0 radical (unpaired) electrons. The number of phenolic OH excluding ortho intramolecular Hbond substituents is 1. The molecule has 2 rings (SSSR count). The van der Waals surface area contributed by atoms with E-state index in [0.29, 0.717) is 12.3 Å². The fourth-order valence-corrected chi connectivity index (χ4v) is 2.11. The third-order valence-corrected chi connectivity index (χ3v) is 3.17. The van der Waals surface area contributed by atoms with Gasteiger partial charge in [-0.3, -0.25) is 5.01 Å². The molecular weight excluding hydrogens is 238 g/mol. The number of aromatic hydroxyl groups is 1. The zero-order valence-electron chi connectivity index (χ0n) is 12.0. The largest absolute Gasteiger partial charge is 0.507 e. The van der Waals surface area contributed by atoms with Crippen molar-refractivity contribution in [1.82, 2.24) is 9.89 Å². The average Bonchev–Trinajstić information content (AvgIpc) is 2.83. The quantitative estimate of drug-likeness (QED) is 0.921. The Morgan fingerprint density at radius 1 is 1.26 bits per heavy atom. The molecule has 0 unspecified atom stereocenters. The summed E-state index contributed by atoms with van der Waals surface area (Å²) in [6.45, 7) is 6.91. The molecule has 1 N–H and O–H groups in total. The first-order chi connectivity index (χ1) is 8.89. The molecular formula is C15H21N3O. The highest BCUT2D eigenvalue weighted by Crippen LogP contribution is 2.33. The second kappa shape index (κ2) is 4.96. The Hall–Kier alpha value is -1.97. The van der Waals surface area contributed by atoms with Gasteiger partial charge in [-0.25, -0.2) is 0 Å². The van der Waals surface area contributed by atoms with E-state index in [9.17, 15) is 5.11 Å². The molecule has 4 heteroatoms. The molecule has 0 saturated heterocycles. The van der Waals surface area contributed by atoms with E-state index in [0.717, 1.165) is 11.1 Å². The highest BCUT2D eigenvalue weighted by molar-refractivity contribution is 5.44. The minimum atomic E-state index is -0.0651. The van der Waals surface area contributed by atoms with Crippen molar-refractivity contribution in [3.05, 3.63) is 47.8 Å². The smallest absolute Gasteiger partial charge is 0.124 e. The molecule has 1 heterocycles. The van der Waals surface area contributed by atoms with E-state index in [1.54, 1.807) is 11.0 Å². The van der Waals surface area contributed by atoms with Crippen LogP contribution in [0.3, 0.4) is 0 Å². The maximum absolute atomic E-state index is 10.4. The Morgan fingerprint density at radius 2 is 2.00 bits per heavy atom. The first-order valence-electron chi connectivity index (χ1n) is 6.42. The highest BCUT2D eigenvalue weighted by atomic mass is 16.3. The lowest BCUT2D eigenvalue weighted by molar-refractivity contribution is 0.436. The predicted octanol–water partition coefficient (Wildman–Crippen LogP) is 2.65. The maximum Gasteiger partial charge on any atom is 0.124 e. The molecule has 0 aliphatic carbocycles. The maximum atomic E-state index is 10.4. The summed E-state index contributed by atoms with van der Waals surface area (Å²) in [7, 11) is 1.94. The van der Waals surface area contributed by atoms with E-state index in [4.69, 9.17) is 0 Å². The summed E-state index contributed by atoms with van der Waals surface area (Å²) >= 11 is 0. The van der Waals surface area contributed by atoms with Crippen molar-refractivity contribution < 1.29 is 5.11 Å². The third kappa shape index (κ3) is 2.89. The van der Waals surface area contributed by atoms with Gasteiger partial charge in [0, 0.05) is 18.8 Å². The van der Waals surface area contributed by atoms with Gasteiger partial charge < -0.3 is 5.11 Å². The third-order valence-electron chi connectivity index (χ3n) is 3.17. The van der Waals surface area contributed by atoms with E-state index < -0.39 is 0 Å². The van der Waals surface area contributed by atoms with E-state index in [1.165, 1.54) is 0 Å². The number of para-hydroxylation sites is 1. The van der Waals surface area contributed by atoms with Crippen LogP contribution in [0, 0.1) is 0 Å². The molecule has 0 spiro atoms. The summed E-state index contributed by atoms with van der Waals surface area (Å²) in [5.41, 5.74) is 1.81. The number of nitrogens with zero attached hydrogens (tertiary/aromatic N) is 3. The van der Waals surface area contributed by atoms with Crippen LogP contribution in [-0.4, -0.2) is 22.0 Å². The minimum Gasteiger partial charge on any atom is -0.507 e. The van der Waals surface area contributed by atoms with Crippen molar-refractivity contribution in [2.24, 2.45) is 0 Å². The van der Waals surface area contributed by atoms with Gasteiger partial charge >= 0.3 is 0 Å². The fourth-order valence-electron chi connectivity index (χ4n) is 2.11. The molecule has 1 aromatic heterocycles. The molecule has 0 bridgehead atoms. The molecule has 0 amide bonds. The summed E-state index contributed by atoms with van der Waals surface area (Å²) in [6, 6.07) is 7.80. The normalized spacial score (nSPS) is 11.6. The molecule has 0 saturated carbocycles. The van der Waals surface area contributed by atoms with Crippen LogP contribution in [0.5, 0.6) is 5.75 Å². The molecule has 0 aliphatic rings. The van der Waals surface area contributed by atoms with Crippen molar-refractivity contribution in [1.29, 1.82) is 0 Å². The molecule has 0 atom stereocenters. The van der Waals surface area contributed by atoms with Crippen molar-refractivity contribution in [2.75, 3.05) is 12.1 Å². The van der Waals surface area contributed by atoms with Crippen LogP contribution in [-0.2, 0) is 12.0 Å². The number of benzene rings is 1. The molecule has 102 valence electrons. The Bertz CT molecular complexity index is 541. The number of hydrogen-bond donors (Lipinski definition) is 1. The zero-order valence-corrected chi connectivity index (χ0v) is 12.0. The summed E-state index contributed by atoms with van der Waals surface area (Å²) in [4.78, 5) is 1.75. The van der Waals surface area contributed by atoms with Gasteiger partial charge in [0.2, 0.25) is 0 Å². The van der Waals surface area contributed by atoms with Crippen molar-refractivity contribution in [2.45, 2.75) is 32.7 Å². The lowest BCUT2D eigenvalue weighted by Crippen LogP contribution is -2.30. The van der Waals surface area contributed by atoms with Gasteiger partial charge in [-0.15, -0.1) is 0 Å². The monoisotopic (exact) mass is 259 g/mol. The zero-order chi connectivity index (χ0) is 14.0. The first-order valence-corrected chi connectivity index (χ1v) is 6.42. The Labute approximate surface area is 114 Å². The van der Waals surface area contributed by atoms with Crippen LogP contribution in [0.15, 0.2) is 36.7 Å². The van der Waals surface area contributed by atoms with Crippen molar-refractivity contribution >= 4 is 0 Å². The Morgan fingerprint density at radius 3 is 2.58 bits per heavy atom. The lowest BCUT2D eigenvalue weighted by Gasteiger charge is -2.24. The molecule has 2 aromatic rings. The number of aromatic nitrogens is 2. The second-order valence-corrected chi connectivity index (χ2v) is 5.81. The number of rotatable bonds is 3. The van der Waals surface area contributed by atoms with Crippen LogP contribution in [0.2, 0.25) is 0 Å². The minimum absolute atomic E-state index is 0.0651. The van der Waals surface area contributed by atoms with Gasteiger partial charge in [-0.1, -0.05) is 39.0 Å². The lowest BCUT2D eigenvalue weighted by atomic mass is 9.85. The molecule has 4 nitrogen and oxygen atoms in total. The summed E-state index contributed by atoms with van der Waals surface area (Å²) < 4.78 is 0. The van der Waals surface area contributed by atoms with Crippen LogP contribution >= 0.6 is 0 Å². The van der Waals surface area contributed by atoms with Gasteiger partial charge in [0.25, 0.3) is 0 Å². The summed E-state index contributed by atoms with van der Waals surface area (Å²) in [5, 5.41) is 16.5. The predicted molar refractivity (Wildman–Crippen MR) is 76.9 cm³/mol. The van der Waals surface area contributed by atoms with Crippen molar-refractivity contribution in [3.8, 4) is 5.75 Å². The van der Waals surface area contributed by atoms with Gasteiger partial charge in [0.1, 0.15) is 5.75 Å². The van der Waals surface area contributed by atoms with Gasteiger partial charge in [0.05, 0.1) is 12.7 Å². The van der Waals surface area contributed by atoms with Crippen LogP contribution < -0.4 is 5.01 Å². The van der Waals surface area contributed by atoms with E-state index in [2.05, 4.69) is 25.9 Å². The van der Waals surface area contributed by atoms with Gasteiger partial charge in [0.15, 0.2) is 0 Å². The molecule has 0 fully saturated rings. The fraction of sp³-hybridized carbons (Fsp3) is 0.400. The van der Waals surface area contributed by atoms with Crippen LogP contribution in [0.1, 0.15) is 31.9 Å². The molecule has 1 aromatic carbocycles. The topological polar surface area (TPSA) is 41.3 Å². The molecule has 19 heavy (non-hydrogen) atoms. The van der Waals surface area contributed by atoms with Crippen molar-refractivity contribution in [3.63, 3.8) is 0 Å². The summed E-state index contributed by atoms with van der Waals surface area (Å²) in [6.07, 6.45) is 3.62. The first kappa shape index (κ1) is 13.5. The highest BCUT2D eigenvalue weighted by Gasteiger charge is 2.20. The van der Waals surface area contributed by atoms with E-state index >= 15 is 0 Å². The van der Waals surface area contributed by atoms with Crippen LogP contribution in [0.4, 0.5) is 0 Å². The average molecular weight is 259 g/mol. The number of phenols is 1.